The molecule has 0 aliphatic rings. The number of halogens is 1. The number of rotatable bonds is 2. The predicted octanol–water partition coefficient (Wildman–Crippen LogP) is 4.88. The Morgan fingerprint density at radius 1 is 1.14 bits per heavy atom. The summed E-state index contributed by atoms with van der Waals surface area (Å²) in [7, 11) is 1.70. The van der Waals surface area contributed by atoms with Crippen LogP contribution in [0.5, 0.6) is 0 Å². The number of pyridine rings is 1. The Balaban J connectivity index is 2.16. The summed E-state index contributed by atoms with van der Waals surface area (Å²) in [6.45, 7) is 5.55. The monoisotopic (exact) mass is 362 g/mol. The second-order valence-corrected chi connectivity index (χ2v) is 6.89. The summed E-state index contributed by atoms with van der Waals surface area (Å²) in [5, 5.41) is 0. The van der Waals surface area contributed by atoms with Crippen LogP contribution < -0.4 is 4.90 Å². The lowest BCUT2D eigenvalue weighted by Gasteiger charge is -2.24. The van der Waals surface area contributed by atoms with E-state index in [4.69, 9.17) is 4.74 Å². The lowest BCUT2D eigenvalue weighted by molar-refractivity contribution is 0.0589. The van der Waals surface area contributed by atoms with Crippen molar-refractivity contribution in [3.8, 4) is 11.1 Å². The lowest BCUT2D eigenvalue weighted by Crippen LogP contribution is -2.34. The molecule has 0 radical (unpaired) electrons. The fourth-order valence-electron chi connectivity index (χ4n) is 1.88. The highest BCUT2D eigenvalue weighted by atomic mass is 79.9. The third-order valence-electron chi connectivity index (χ3n) is 2.96. The molecule has 0 bridgehead atoms. The largest absolute Gasteiger partial charge is 0.443 e. The van der Waals surface area contributed by atoms with E-state index in [9.17, 15) is 4.79 Å². The molecule has 22 heavy (non-hydrogen) atoms. The molecule has 2 aromatic rings. The van der Waals surface area contributed by atoms with Gasteiger partial charge in [0.15, 0.2) is 0 Å². The summed E-state index contributed by atoms with van der Waals surface area (Å²) < 4.78 is 6.29. The van der Waals surface area contributed by atoms with Crippen LogP contribution in [0.1, 0.15) is 20.8 Å². The topological polar surface area (TPSA) is 42.4 Å². The smallest absolute Gasteiger partial charge is 0.414 e. The average molecular weight is 363 g/mol. The molecule has 1 heterocycles. The van der Waals surface area contributed by atoms with E-state index in [-0.39, 0.29) is 6.09 Å². The maximum absolute atomic E-state index is 12.0. The fourth-order valence-corrected chi connectivity index (χ4v) is 2.25. The van der Waals surface area contributed by atoms with Gasteiger partial charge in [0.1, 0.15) is 5.60 Å². The van der Waals surface area contributed by atoms with Gasteiger partial charge < -0.3 is 4.74 Å². The highest BCUT2D eigenvalue weighted by molar-refractivity contribution is 9.10. The van der Waals surface area contributed by atoms with Crippen molar-refractivity contribution >= 4 is 27.7 Å². The Hall–Kier alpha value is -1.88. The molecule has 0 atom stereocenters. The zero-order valence-electron chi connectivity index (χ0n) is 13.1. The Morgan fingerprint density at radius 2 is 1.77 bits per heavy atom. The van der Waals surface area contributed by atoms with Gasteiger partial charge in [0.2, 0.25) is 0 Å². The van der Waals surface area contributed by atoms with Gasteiger partial charge >= 0.3 is 6.09 Å². The molecular formula is C17H19BrN2O2. The molecule has 0 N–H and O–H groups in total. The molecule has 2 rings (SSSR count). The van der Waals surface area contributed by atoms with Gasteiger partial charge in [0.05, 0.1) is 0 Å². The fraction of sp³-hybridized carbons (Fsp3) is 0.294. The summed E-state index contributed by atoms with van der Waals surface area (Å²) >= 11 is 3.41. The quantitative estimate of drug-likeness (QED) is 0.764. The number of benzene rings is 1. The lowest BCUT2D eigenvalue weighted by atomic mass is 10.1. The number of hydrogen-bond donors (Lipinski definition) is 0. The molecule has 4 nitrogen and oxygen atoms in total. The highest BCUT2D eigenvalue weighted by Gasteiger charge is 2.20. The molecule has 0 saturated carbocycles. The Morgan fingerprint density at radius 3 is 2.32 bits per heavy atom. The number of nitrogens with zero attached hydrogens (tertiary/aromatic N) is 2. The number of hydrogen-bond acceptors (Lipinski definition) is 3. The standard InChI is InChI=1S/C17H19BrN2O2/c1-17(2,3)22-16(21)20(4)15-7-5-12(6-8-15)13-9-14(18)11-19-10-13/h5-11H,1-4H3. The van der Waals surface area contributed by atoms with Crippen molar-refractivity contribution in [2.75, 3.05) is 11.9 Å². The normalized spacial score (nSPS) is 11.1. The molecule has 0 spiro atoms. The summed E-state index contributed by atoms with van der Waals surface area (Å²) in [6, 6.07) is 9.69. The van der Waals surface area contributed by atoms with Gasteiger partial charge in [-0.15, -0.1) is 0 Å². The molecular weight excluding hydrogens is 344 g/mol. The number of anilines is 1. The molecule has 0 fully saturated rings. The maximum atomic E-state index is 12.0. The first-order chi connectivity index (χ1) is 10.3. The van der Waals surface area contributed by atoms with Crippen LogP contribution in [0.25, 0.3) is 11.1 Å². The predicted molar refractivity (Wildman–Crippen MR) is 92.0 cm³/mol. The van der Waals surface area contributed by atoms with E-state index < -0.39 is 5.60 Å². The first kappa shape index (κ1) is 16.5. The van der Waals surface area contributed by atoms with E-state index in [0.29, 0.717) is 0 Å². The first-order valence-corrected chi connectivity index (χ1v) is 7.73. The molecule has 0 aliphatic carbocycles. The van der Waals surface area contributed by atoms with Gasteiger partial charge in [-0.3, -0.25) is 9.88 Å². The van der Waals surface area contributed by atoms with Crippen LogP contribution in [0, 0.1) is 0 Å². The van der Waals surface area contributed by atoms with Crippen LogP contribution >= 0.6 is 15.9 Å². The zero-order chi connectivity index (χ0) is 16.3. The van der Waals surface area contributed by atoms with Gasteiger partial charge in [0, 0.05) is 35.2 Å². The number of carbonyl (C=O) groups is 1. The van der Waals surface area contributed by atoms with E-state index >= 15 is 0 Å². The minimum absolute atomic E-state index is 0.371. The third-order valence-corrected chi connectivity index (χ3v) is 3.39. The summed E-state index contributed by atoms with van der Waals surface area (Å²) in [6.07, 6.45) is 3.18. The van der Waals surface area contributed by atoms with E-state index in [1.807, 2.05) is 51.1 Å². The van der Waals surface area contributed by atoms with Crippen LogP contribution in [0.3, 0.4) is 0 Å². The number of carbonyl (C=O) groups excluding carboxylic acids is 1. The molecule has 0 saturated heterocycles. The van der Waals surface area contributed by atoms with E-state index in [0.717, 1.165) is 21.3 Å². The van der Waals surface area contributed by atoms with E-state index in [1.165, 1.54) is 4.90 Å². The Kier molecular flexibility index (Phi) is 4.86. The van der Waals surface area contributed by atoms with Crippen LogP contribution in [0.15, 0.2) is 47.2 Å². The average Bonchev–Trinajstić information content (AvgIpc) is 2.45. The number of ether oxygens (including phenoxy) is 1. The van der Waals surface area contributed by atoms with Gasteiger partial charge in [-0.05, 0) is 60.5 Å². The van der Waals surface area contributed by atoms with Crippen molar-refractivity contribution in [2.24, 2.45) is 0 Å². The number of amides is 1. The Bertz CT molecular complexity index is 663. The van der Waals surface area contributed by atoms with Crippen LogP contribution in [-0.2, 0) is 4.74 Å². The molecule has 116 valence electrons. The van der Waals surface area contributed by atoms with Crippen molar-refractivity contribution in [3.05, 3.63) is 47.2 Å². The van der Waals surface area contributed by atoms with E-state index in [2.05, 4.69) is 20.9 Å². The molecule has 0 aliphatic heterocycles. The Labute approximate surface area is 139 Å². The first-order valence-electron chi connectivity index (χ1n) is 6.94. The molecule has 1 amide bonds. The van der Waals surface area contributed by atoms with Crippen molar-refractivity contribution in [2.45, 2.75) is 26.4 Å². The van der Waals surface area contributed by atoms with Crippen molar-refractivity contribution in [1.82, 2.24) is 4.98 Å². The molecule has 1 aromatic carbocycles. The number of aromatic nitrogens is 1. The van der Waals surface area contributed by atoms with Crippen molar-refractivity contribution in [1.29, 1.82) is 0 Å². The minimum Gasteiger partial charge on any atom is -0.443 e. The van der Waals surface area contributed by atoms with Crippen LogP contribution in [0.2, 0.25) is 0 Å². The zero-order valence-corrected chi connectivity index (χ0v) is 14.7. The molecule has 5 heteroatoms. The maximum Gasteiger partial charge on any atom is 0.414 e. The third kappa shape index (κ3) is 4.31. The second kappa shape index (κ2) is 6.48. The summed E-state index contributed by atoms with van der Waals surface area (Å²) in [5.74, 6) is 0. The van der Waals surface area contributed by atoms with Gasteiger partial charge in [-0.2, -0.15) is 0 Å². The minimum atomic E-state index is -0.507. The SMILES string of the molecule is CN(C(=O)OC(C)(C)C)c1ccc(-c2cncc(Br)c2)cc1. The van der Waals surface area contributed by atoms with Crippen molar-refractivity contribution < 1.29 is 9.53 Å². The van der Waals surface area contributed by atoms with Gasteiger partial charge in [-0.1, -0.05) is 12.1 Å². The summed E-state index contributed by atoms with van der Waals surface area (Å²) in [5.41, 5.74) is 2.32. The highest BCUT2D eigenvalue weighted by Crippen LogP contribution is 2.25. The molecule has 0 unspecified atom stereocenters. The summed E-state index contributed by atoms with van der Waals surface area (Å²) in [4.78, 5) is 17.7. The van der Waals surface area contributed by atoms with Gasteiger partial charge in [0.25, 0.3) is 0 Å². The van der Waals surface area contributed by atoms with E-state index in [1.54, 1.807) is 19.4 Å². The van der Waals surface area contributed by atoms with Crippen LogP contribution in [0.4, 0.5) is 10.5 Å². The second-order valence-electron chi connectivity index (χ2n) is 5.98. The van der Waals surface area contributed by atoms with Crippen LogP contribution in [-0.4, -0.2) is 23.7 Å². The van der Waals surface area contributed by atoms with Gasteiger partial charge in [-0.25, -0.2) is 4.79 Å². The molecule has 1 aromatic heterocycles. The van der Waals surface area contributed by atoms with Crippen molar-refractivity contribution in [3.63, 3.8) is 0 Å².